The zero-order valence-electron chi connectivity index (χ0n) is 19.1. The van der Waals surface area contributed by atoms with Crippen LogP contribution in [0.4, 0.5) is 0 Å². The molecule has 2 aromatic carbocycles. The summed E-state index contributed by atoms with van der Waals surface area (Å²) in [6.45, 7) is 11.5. The summed E-state index contributed by atoms with van der Waals surface area (Å²) in [5, 5.41) is 0.324. The van der Waals surface area contributed by atoms with Gasteiger partial charge >= 0.3 is 0 Å². The molecule has 0 fully saturated rings. The van der Waals surface area contributed by atoms with E-state index in [9.17, 15) is 4.79 Å². The Balaban J connectivity index is 2.19. The van der Waals surface area contributed by atoms with Crippen LogP contribution in [0.25, 0.3) is 22.3 Å². The van der Waals surface area contributed by atoms with E-state index in [0.717, 1.165) is 11.3 Å². The highest BCUT2D eigenvalue weighted by Crippen LogP contribution is 2.44. The minimum absolute atomic E-state index is 0.0817. The van der Waals surface area contributed by atoms with Crippen LogP contribution in [0.15, 0.2) is 45.6 Å². The highest BCUT2D eigenvalue weighted by Gasteiger charge is 2.23. The summed E-state index contributed by atoms with van der Waals surface area (Å²) >= 11 is 0. The second kappa shape index (κ2) is 9.33. The van der Waals surface area contributed by atoms with Crippen LogP contribution in [0.1, 0.15) is 41.5 Å². The van der Waals surface area contributed by atoms with Crippen molar-refractivity contribution in [2.45, 2.75) is 59.9 Å². The van der Waals surface area contributed by atoms with Crippen LogP contribution >= 0.6 is 0 Å². The second-order valence-electron chi connectivity index (χ2n) is 8.11. The molecule has 6 nitrogen and oxygen atoms in total. The van der Waals surface area contributed by atoms with E-state index in [1.54, 1.807) is 6.07 Å². The maximum Gasteiger partial charge on any atom is 0.204 e. The van der Waals surface area contributed by atoms with Gasteiger partial charge in [-0.15, -0.1) is 0 Å². The van der Waals surface area contributed by atoms with Gasteiger partial charge in [0.1, 0.15) is 22.5 Å². The summed E-state index contributed by atoms with van der Waals surface area (Å²) in [7, 11) is 1.53. The monoisotopic (exact) mass is 426 g/mol. The smallest absolute Gasteiger partial charge is 0.204 e. The number of rotatable bonds is 8. The lowest BCUT2D eigenvalue weighted by Crippen LogP contribution is -2.13. The van der Waals surface area contributed by atoms with Gasteiger partial charge < -0.3 is 23.4 Å². The highest BCUT2D eigenvalue weighted by molar-refractivity contribution is 5.90. The Kier molecular flexibility index (Phi) is 6.78. The Hall–Kier alpha value is -3.15. The van der Waals surface area contributed by atoms with E-state index in [-0.39, 0.29) is 23.7 Å². The van der Waals surface area contributed by atoms with E-state index < -0.39 is 0 Å². The number of benzene rings is 2. The summed E-state index contributed by atoms with van der Waals surface area (Å²) < 4.78 is 29.3. The van der Waals surface area contributed by atoms with Crippen LogP contribution < -0.4 is 24.4 Å². The van der Waals surface area contributed by atoms with Crippen molar-refractivity contribution in [1.82, 2.24) is 0 Å². The lowest BCUT2D eigenvalue weighted by Gasteiger charge is -2.20. The molecule has 0 bridgehead atoms. The summed E-state index contributed by atoms with van der Waals surface area (Å²) in [6.07, 6.45) is -0.182. The van der Waals surface area contributed by atoms with E-state index >= 15 is 0 Å². The molecular weight excluding hydrogens is 396 g/mol. The van der Waals surface area contributed by atoms with Gasteiger partial charge in [0, 0.05) is 17.7 Å². The van der Waals surface area contributed by atoms with E-state index in [2.05, 4.69) is 0 Å². The first kappa shape index (κ1) is 22.5. The largest absolute Gasteiger partial charge is 0.491 e. The molecule has 0 spiro atoms. The third-order valence-electron chi connectivity index (χ3n) is 4.33. The molecule has 0 saturated carbocycles. The molecule has 6 heteroatoms. The molecule has 3 aromatic rings. The van der Waals surface area contributed by atoms with Crippen molar-refractivity contribution in [3.63, 3.8) is 0 Å². The van der Waals surface area contributed by atoms with Crippen molar-refractivity contribution in [3.05, 3.63) is 46.6 Å². The van der Waals surface area contributed by atoms with Crippen LogP contribution in [-0.2, 0) is 0 Å². The molecule has 0 N–H and O–H groups in total. The quantitative estimate of drug-likeness (QED) is 0.451. The first-order valence-corrected chi connectivity index (χ1v) is 10.5. The second-order valence-corrected chi connectivity index (χ2v) is 8.11. The fourth-order valence-electron chi connectivity index (χ4n) is 3.24. The molecule has 3 rings (SSSR count). The summed E-state index contributed by atoms with van der Waals surface area (Å²) in [5.74, 6) is 2.37. The summed E-state index contributed by atoms with van der Waals surface area (Å²) in [4.78, 5) is 13.1. The van der Waals surface area contributed by atoms with E-state index in [4.69, 9.17) is 23.4 Å². The molecule has 0 aliphatic heterocycles. The van der Waals surface area contributed by atoms with Gasteiger partial charge in [0.25, 0.3) is 0 Å². The molecule has 0 aliphatic rings. The number of methoxy groups -OCH3 is 1. The van der Waals surface area contributed by atoms with Crippen molar-refractivity contribution in [1.29, 1.82) is 0 Å². The van der Waals surface area contributed by atoms with E-state index in [0.29, 0.717) is 34.0 Å². The highest BCUT2D eigenvalue weighted by atomic mass is 16.5. The normalized spacial score (nSPS) is 11.4. The zero-order valence-corrected chi connectivity index (χ0v) is 19.1. The number of fused-ring (bicyclic) bond motifs is 1. The predicted octanol–water partition coefficient (Wildman–Crippen LogP) is 5.83. The average Bonchev–Trinajstić information content (AvgIpc) is 2.66. The number of hydrogen-bond acceptors (Lipinski definition) is 6. The van der Waals surface area contributed by atoms with Gasteiger partial charge in [0.05, 0.1) is 25.4 Å². The zero-order chi connectivity index (χ0) is 22.7. The lowest BCUT2D eigenvalue weighted by atomic mass is 10.1. The molecular formula is C25H30O6. The molecule has 1 heterocycles. The van der Waals surface area contributed by atoms with Crippen molar-refractivity contribution < 1.29 is 23.4 Å². The Morgan fingerprint density at radius 2 is 1.39 bits per heavy atom. The molecule has 0 aliphatic carbocycles. The first-order valence-electron chi connectivity index (χ1n) is 10.5. The summed E-state index contributed by atoms with van der Waals surface area (Å²) in [6, 6.07) is 10.6. The third kappa shape index (κ3) is 5.13. The number of hydrogen-bond donors (Lipinski definition) is 0. The van der Waals surface area contributed by atoms with Crippen LogP contribution in [0.5, 0.6) is 23.0 Å². The Labute approximate surface area is 182 Å². The standard InChI is InChI=1S/C25H30O6/c1-14(2)28-18-10-8-17(9-11-18)20-12-19(26)23-21(31-20)13-22(29-15(3)4)24(27-7)25(23)30-16(5)6/h8-16H,1-7H3. The predicted molar refractivity (Wildman–Crippen MR) is 122 cm³/mol. The Morgan fingerprint density at radius 1 is 0.774 bits per heavy atom. The maximum atomic E-state index is 13.1. The molecule has 166 valence electrons. The number of ether oxygens (including phenoxy) is 4. The minimum atomic E-state index is -0.219. The van der Waals surface area contributed by atoms with Crippen molar-refractivity contribution in [2.24, 2.45) is 0 Å². The molecule has 0 unspecified atom stereocenters. The van der Waals surface area contributed by atoms with Gasteiger partial charge in [-0.2, -0.15) is 0 Å². The van der Waals surface area contributed by atoms with Gasteiger partial charge in [0.2, 0.25) is 5.75 Å². The Bertz CT molecular complexity index is 1090. The summed E-state index contributed by atoms with van der Waals surface area (Å²) in [5.41, 5.74) is 0.921. The third-order valence-corrected chi connectivity index (χ3v) is 4.33. The maximum absolute atomic E-state index is 13.1. The fourth-order valence-corrected chi connectivity index (χ4v) is 3.24. The van der Waals surface area contributed by atoms with Crippen molar-refractivity contribution >= 4 is 11.0 Å². The molecule has 1 aromatic heterocycles. The van der Waals surface area contributed by atoms with Crippen LogP contribution in [0, 0.1) is 0 Å². The van der Waals surface area contributed by atoms with Crippen LogP contribution in [-0.4, -0.2) is 25.4 Å². The first-order chi connectivity index (χ1) is 14.7. The molecule has 31 heavy (non-hydrogen) atoms. The van der Waals surface area contributed by atoms with Gasteiger partial charge in [0.15, 0.2) is 16.9 Å². The van der Waals surface area contributed by atoms with Gasteiger partial charge in [-0.25, -0.2) is 0 Å². The molecule has 0 saturated heterocycles. The minimum Gasteiger partial charge on any atom is -0.491 e. The molecule has 0 radical (unpaired) electrons. The topological polar surface area (TPSA) is 67.1 Å². The van der Waals surface area contributed by atoms with Crippen molar-refractivity contribution in [3.8, 4) is 34.3 Å². The SMILES string of the molecule is COc1c(OC(C)C)cc2oc(-c3ccc(OC(C)C)cc3)cc(=O)c2c1OC(C)C. The fraction of sp³-hybridized carbons (Fsp3) is 0.400. The van der Waals surface area contributed by atoms with Crippen LogP contribution in [0.2, 0.25) is 0 Å². The van der Waals surface area contributed by atoms with Crippen LogP contribution in [0.3, 0.4) is 0 Å². The van der Waals surface area contributed by atoms with Gasteiger partial charge in [-0.1, -0.05) is 0 Å². The Morgan fingerprint density at radius 3 is 1.94 bits per heavy atom. The molecule has 0 amide bonds. The van der Waals surface area contributed by atoms with Gasteiger partial charge in [-0.05, 0) is 65.8 Å². The van der Waals surface area contributed by atoms with Crippen molar-refractivity contribution in [2.75, 3.05) is 7.11 Å². The van der Waals surface area contributed by atoms with E-state index in [1.165, 1.54) is 13.2 Å². The lowest BCUT2D eigenvalue weighted by molar-refractivity contribution is 0.210. The average molecular weight is 427 g/mol. The van der Waals surface area contributed by atoms with E-state index in [1.807, 2.05) is 65.8 Å². The van der Waals surface area contributed by atoms with Gasteiger partial charge in [-0.3, -0.25) is 4.79 Å². The molecule has 0 atom stereocenters.